The molecule has 3 heteroatoms. The molecule has 1 unspecified atom stereocenters. The molecule has 0 amide bonds. The molecular weight excluding hydrogens is 254 g/mol. The van der Waals surface area contributed by atoms with Gasteiger partial charge in [0, 0.05) is 11.1 Å². The molecule has 0 saturated carbocycles. The summed E-state index contributed by atoms with van der Waals surface area (Å²) in [5.41, 5.74) is 2.08. The van der Waals surface area contributed by atoms with Gasteiger partial charge in [0.2, 0.25) is 0 Å². The number of pyridine rings is 1. The molecule has 0 saturated heterocycles. The summed E-state index contributed by atoms with van der Waals surface area (Å²) in [4.78, 5) is 5.24. The predicted molar refractivity (Wildman–Crippen MR) is 79.4 cm³/mol. The molecule has 0 bridgehead atoms. The zero-order valence-electron chi connectivity index (χ0n) is 11.5. The second kappa shape index (κ2) is 6.11. The molecule has 1 heterocycles. The summed E-state index contributed by atoms with van der Waals surface area (Å²) in [7, 11) is -1.07. The Hall–Kier alpha value is -1.48. The molecule has 0 aliphatic rings. The van der Waals surface area contributed by atoms with E-state index in [1.165, 1.54) is 5.56 Å². The van der Waals surface area contributed by atoms with Crippen LogP contribution in [0, 0.1) is 12.8 Å². The van der Waals surface area contributed by atoms with Gasteiger partial charge in [0.15, 0.2) is 0 Å². The van der Waals surface area contributed by atoms with Crippen molar-refractivity contribution in [3.63, 3.8) is 0 Å². The van der Waals surface area contributed by atoms with E-state index in [1.807, 2.05) is 49.4 Å². The fourth-order valence-corrected chi connectivity index (χ4v) is 3.61. The molecule has 1 aromatic carbocycles. The molecule has 19 heavy (non-hydrogen) atoms. The van der Waals surface area contributed by atoms with Crippen molar-refractivity contribution in [1.29, 1.82) is 0 Å². The van der Waals surface area contributed by atoms with Crippen LogP contribution in [0.2, 0.25) is 0 Å². The Balaban J connectivity index is 2.35. The molecule has 0 aliphatic carbocycles. The van der Waals surface area contributed by atoms with Crippen LogP contribution in [0.4, 0.5) is 0 Å². The highest BCUT2D eigenvalue weighted by molar-refractivity contribution is 7.85. The minimum atomic E-state index is -1.07. The van der Waals surface area contributed by atoms with Gasteiger partial charge in [0.25, 0.3) is 0 Å². The average molecular weight is 273 g/mol. The molecule has 100 valence electrons. The van der Waals surface area contributed by atoms with Crippen molar-refractivity contribution in [3.8, 4) is 0 Å². The van der Waals surface area contributed by atoms with E-state index in [-0.39, 0.29) is 11.2 Å². The van der Waals surface area contributed by atoms with E-state index in [0.717, 1.165) is 10.6 Å². The standard InChI is InChI=1S/C16H19NOS/c1-12(2)16(15-6-4-5-11-17-15)19(18)14-9-7-13(3)8-10-14/h4-12,16H,1-3H3/t16-,19?/m0/s1. The van der Waals surface area contributed by atoms with Crippen molar-refractivity contribution in [2.75, 3.05) is 0 Å². The lowest BCUT2D eigenvalue weighted by Crippen LogP contribution is -2.14. The van der Waals surface area contributed by atoms with E-state index in [9.17, 15) is 4.21 Å². The normalized spacial score (nSPS) is 14.3. The van der Waals surface area contributed by atoms with Crippen LogP contribution in [0.25, 0.3) is 0 Å². The van der Waals surface area contributed by atoms with Crippen molar-refractivity contribution in [2.45, 2.75) is 30.9 Å². The van der Waals surface area contributed by atoms with E-state index < -0.39 is 10.8 Å². The number of hydrogen-bond donors (Lipinski definition) is 0. The van der Waals surface area contributed by atoms with Gasteiger partial charge in [-0.3, -0.25) is 9.19 Å². The zero-order valence-corrected chi connectivity index (χ0v) is 12.4. The Morgan fingerprint density at radius 3 is 2.26 bits per heavy atom. The summed E-state index contributed by atoms with van der Waals surface area (Å²) in [6, 6.07) is 13.7. The van der Waals surface area contributed by atoms with Crippen LogP contribution < -0.4 is 0 Å². The van der Waals surface area contributed by atoms with Crippen molar-refractivity contribution in [2.24, 2.45) is 5.92 Å². The summed E-state index contributed by atoms with van der Waals surface area (Å²) >= 11 is 0. The highest BCUT2D eigenvalue weighted by atomic mass is 32.2. The molecule has 2 atom stereocenters. The third kappa shape index (κ3) is 3.29. The second-order valence-electron chi connectivity index (χ2n) is 5.03. The molecule has 2 rings (SSSR count). The first kappa shape index (κ1) is 13.9. The van der Waals surface area contributed by atoms with E-state index in [2.05, 4.69) is 18.8 Å². The Morgan fingerprint density at radius 1 is 1.05 bits per heavy atom. The van der Waals surface area contributed by atoms with E-state index in [4.69, 9.17) is 0 Å². The molecule has 0 aliphatic heterocycles. The third-order valence-corrected chi connectivity index (χ3v) is 5.05. The van der Waals surface area contributed by atoms with Gasteiger partial charge >= 0.3 is 0 Å². The highest BCUT2D eigenvalue weighted by Crippen LogP contribution is 2.30. The number of aromatic nitrogens is 1. The van der Waals surface area contributed by atoms with E-state index >= 15 is 0 Å². The van der Waals surface area contributed by atoms with Crippen LogP contribution in [-0.4, -0.2) is 9.19 Å². The Bertz CT molecular complexity index is 549. The SMILES string of the molecule is Cc1ccc(S(=O)[C@H](c2ccccn2)C(C)C)cc1. The first-order valence-electron chi connectivity index (χ1n) is 6.48. The smallest absolute Gasteiger partial charge is 0.0838 e. The maximum atomic E-state index is 12.8. The first-order chi connectivity index (χ1) is 9.09. The molecule has 0 N–H and O–H groups in total. The van der Waals surface area contributed by atoms with Crippen LogP contribution in [-0.2, 0) is 10.8 Å². The molecular formula is C16H19NOS. The molecule has 0 radical (unpaired) electrons. The lowest BCUT2D eigenvalue weighted by molar-refractivity contribution is 0.588. The minimum Gasteiger partial charge on any atom is -0.260 e. The molecule has 2 nitrogen and oxygen atoms in total. The maximum absolute atomic E-state index is 12.8. The fraction of sp³-hybridized carbons (Fsp3) is 0.312. The largest absolute Gasteiger partial charge is 0.260 e. The fourth-order valence-electron chi connectivity index (χ4n) is 2.06. The summed E-state index contributed by atoms with van der Waals surface area (Å²) in [6.07, 6.45) is 1.76. The molecule has 0 fully saturated rings. The third-order valence-electron chi connectivity index (χ3n) is 3.07. The molecule has 2 aromatic rings. The lowest BCUT2D eigenvalue weighted by Gasteiger charge is -2.19. The monoisotopic (exact) mass is 273 g/mol. The highest BCUT2D eigenvalue weighted by Gasteiger charge is 2.24. The molecule has 0 spiro atoms. The topological polar surface area (TPSA) is 30.0 Å². The molecule has 1 aromatic heterocycles. The first-order valence-corrected chi connectivity index (χ1v) is 7.69. The quantitative estimate of drug-likeness (QED) is 0.845. The van der Waals surface area contributed by atoms with Crippen LogP contribution in [0.1, 0.15) is 30.4 Å². The Kier molecular flexibility index (Phi) is 4.48. The van der Waals surface area contributed by atoms with Gasteiger partial charge in [-0.25, -0.2) is 0 Å². The maximum Gasteiger partial charge on any atom is 0.0838 e. The summed E-state index contributed by atoms with van der Waals surface area (Å²) in [5, 5.41) is -0.0658. The van der Waals surface area contributed by atoms with Crippen molar-refractivity contribution < 1.29 is 4.21 Å². The van der Waals surface area contributed by atoms with Gasteiger partial charge < -0.3 is 0 Å². The van der Waals surface area contributed by atoms with Crippen molar-refractivity contribution in [1.82, 2.24) is 4.98 Å². The van der Waals surface area contributed by atoms with Gasteiger partial charge in [0.1, 0.15) is 0 Å². The lowest BCUT2D eigenvalue weighted by atomic mass is 10.1. The van der Waals surface area contributed by atoms with Crippen LogP contribution in [0.5, 0.6) is 0 Å². The van der Waals surface area contributed by atoms with Crippen molar-refractivity contribution in [3.05, 3.63) is 59.9 Å². The average Bonchev–Trinajstić information content (AvgIpc) is 2.40. The number of hydrogen-bond acceptors (Lipinski definition) is 2. The van der Waals surface area contributed by atoms with E-state index in [1.54, 1.807) is 6.20 Å². The summed E-state index contributed by atoms with van der Waals surface area (Å²) in [6.45, 7) is 6.21. The van der Waals surface area contributed by atoms with Crippen LogP contribution in [0.3, 0.4) is 0 Å². The van der Waals surface area contributed by atoms with Gasteiger partial charge in [-0.1, -0.05) is 37.6 Å². The van der Waals surface area contributed by atoms with Crippen LogP contribution >= 0.6 is 0 Å². The van der Waals surface area contributed by atoms with Gasteiger partial charge in [-0.2, -0.15) is 0 Å². The van der Waals surface area contributed by atoms with Crippen molar-refractivity contribution >= 4 is 10.8 Å². The van der Waals surface area contributed by atoms with Gasteiger partial charge in [-0.05, 0) is 37.1 Å². The summed E-state index contributed by atoms with van der Waals surface area (Å²) < 4.78 is 12.8. The Morgan fingerprint density at radius 2 is 1.74 bits per heavy atom. The number of nitrogens with zero attached hydrogens (tertiary/aromatic N) is 1. The minimum absolute atomic E-state index is 0.0658. The summed E-state index contributed by atoms with van der Waals surface area (Å²) in [5.74, 6) is 0.275. The second-order valence-corrected chi connectivity index (χ2v) is 6.60. The number of rotatable bonds is 4. The predicted octanol–water partition coefficient (Wildman–Crippen LogP) is 3.89. The van der Waals surface area contributed by atoms with Gasteiger partial charge in [0.05, 0.1) is 21.7 Å². The zero-order chi connectivity index (χ0) is 13.8. The van der Waals surface area contributed by atoms with E-state index in [0.29, 0.717) is 0 Å². The number of benzene rings is 1. The van der Waals surface area contributed by atoms with Gasteiger partial charge in [-0.15, -0.1) is 0 Å². The van der Waals surface area contributed by atoms with Crippen LogP contribution in [0.15, 0.2) is 53.6 Å². The Labute approximate surface area is 117 Å². The number of aryl methyl sites for hydroxylation is 1.